The zero-order valence-corrected chi connectivity index (χ0v) is 11.3. The van der Waals surface area contributed by atoms with Crippen molar-refractivity contribution in [3.05, 3.63) is 29.3 Å². The average Bonchev–Trinajstić information content (AvgIpc) is 2.68. The summed E-state index contributed by atoms with van der Waals surface area (Å²) in [6, 6.07) is 6.97. The normalized spacial score (nSPS) is 18.5. The summed E-state index contributed by atoms with van der Waals surface area (Å²) < 4.78 is 0. The Morgan fingerprint density at radius 2 is 2.18 bits per heavy atom. The van der Waals surface area contributed by atoms with Crippen molar-refractivity contribution in [2.45, 2.75) is 39.2 Å². The molecule has 1 N–H and O–H groups in total. The molecule has 0 aliphatic carbocycles. The Morgan fingerprint density at radius 1 is 1.35 bits per heavy atom. The Morgan fingerprint density at radius 3 is 2.82 bits per heavy atom. The first-order valence-corrected chi connectivity index (χ1v) is 6.82. The molecule has 0 bridgehead atoms. The first-order valence-electron chi connectivity index (χ1n) is 6.82. The van der Waals surface area contributed by atoms with E-state index in [0.29, 0.717) is 0 Å². The molecule has 0 amide bonds. The van der Waals surface area contributed by atoms with Gasteiger partial charge in [0.25, 0.3) is 0 Å². The fourth-order valence-electron chi connectivity index (χ4n) is 2.89. The van der Waals surface area contributed by atoms with Crippen LogP contribution in [-0.4, -0.2) is 20.1 Å². The van der Waals surface area contributed by atoms with Crippen molar-refractivity contribution in [3.8, 4) is 0 Å². The molecule has 1 aromatic carbocycles. The van der Waals surface area contributed by atoms with Gasteiger partial charge in [-0.25, -0.2) is 0 Å². The van der Waals surface area contributed by atoms with Crippen LogP contribution in [0.1, 0.15) is 43.7 Å². The maximum Gasteiger partial charge on any atom is 0.0402 e. The molecule has 1 heterocycles. The van der Waals surface area contributed by atoms with Crippen LogP contribution in [0.15, 0.2) is 18.2 Å². The fourth-order valence-corrected chi connectivity index (χ4v) is 2.89. The summed E-state index contributed by atoms with van der Waals surface area (Å²) in [6.45, 7) is 7.84. The van der Waals surface area contributed by atoms with Gasteiger partial charge in [-0.15, -0.1) is 0 Å². The van der Waals surface area contributed by atoms with E-state index in [1.807, 2.05) is 7.05 Å². The van der Waals surface area contributed by atoms with Crippen molar-refractivity contribution in [2.75, 3.05) is 25.0 Å². The van der Waals surface area contributed by atoms with E-state index in [-0.39, 0.29) is 0 Å². The summed E-state index contributed by atoms with van der Waals surface area (Å²) in [5.41, 5.74) is 4.44. The van der Waals surface area contributed by atoms with Crippen LogP contribution < -0.4 is 10.2 Å². The third-order valence-corrected chi connectivity index (χ3v) is 3.71. The maximum atomic E-state index is 3.23. The van der Waals surface area contributed by atoms with E-state index < -0.39 is 0 Å². The molecule has 1 aliphatic heterocycles. The predicted molar refractivity (Wildman–Crippen MR) is 74.7 cm³/mol. The lowest BCUT2D eigenvalue weighted by atomic mass is 9.95. The number of hydrogen-bond acceptors (Lipinski definition) is 2. The van der Waals surface area contributed by atoms with Gasteiger partial charge in [-0.3, -0.25) is 0 Å². The van der Waals surface area contributed by atoms with Crippen LogP contribution in [0.25, 0.3) is 0 Å². The summed E-state index contributed by atoms with van der Waals surface area (Å²) in [6.07, 6.45) is 2.59. The second-order valence-electron chi connectivity index (χ2n) is 4.95. The zero-order valence-electron chi connectivity index (χ0n) is 11.3. The standard InChI is InChI=1S/C15H24N2/c1-4-6-13-11-17(5-2)15-8-7-12(10-16-3)9-14(13)15/h7-9,13,16H,4-6,10-11H2,1-3H3. The highest BCUT2D eigenvalue weighted by Gasteiger charge is 2.26. The lowest BCUT2D eigenvalue weighted by Gasteiger charge is -2.17. The number of anilines is 1. The Bertz CT molecular complexity index is 373. The van der Waals surface area contributed by atoms with E-state index in [4.69, 9.17) is 0 Å². The van der Waals surface area contributed by atoms with Crippen LogP contribution in [0.4, 0.5) is 5.69 Å². The Hall–Kier alpha value is -1.02. The first kappa shape index (κ1) is 12.4. The molecule has 0 radical (unpaired) electrons. The highest BCUT2D eigenvalue weighted by Crippen LogP contribution is 2.38. The van der Waals surface area contributed by atoms with Crippen molar-refractivity contribution < 1.29 is 0 Å². The molecule has 2 rings (SSSR count). The minimum Gasteiger partial charge on any atom is -0.371 e. The number of rotatable bonds is 5. The predicted octanol–water partition coefficient (Wildman–Crippen LogP) is 3.13. The molecule has 0 spiro atoms. The van der Waals surface area contributed by atoms with Gasteiger partial charge in [0, 0.05) is 31.2 Å². The van der Waals surface area contributed by atoms with Gasteiger partial charge in [0.15, 0.2) is 0 Å². The van der Waals surface area contributed by atoms with Crippen molar-refractivity contribution in [1.82, 2.24) is 5.32 Å². The summed E-state index contributed by atoms with van der Waals surface area (Å²) in [5, 5.41) is 3.23. The van der Waals surface area contributed by atoms with E-state index in [1.165, 1.54) is 30.6 Å². The monoisotopic (exact) mass is 232 g/mol. The van der Waals surface area contributed by atoms with Crippen molar-refractivity contribution in [3.63, 3.8) is 0 Å². The minimum absolute atomic E-state index is 0.742. The smallest absolute Gasteiger partial charge is 0.0402 e. The quantitative estimate of drug-likeness (QED) is 0.839. The average molecular weight is 232 g/mol. The molecule has 1 aromatic rings. The van der Waals surface area contributed by atoms with Crippen LogP contribution in [0.5, 0.6) is 0 Å². The van der Waals surface area contributed by atoms with Gasteiger partial charge in [0.1, 0.15) is 0 Å². The highest BCUT2D eigenvalue weighted by molar-refractivity contribution is 5.61. The molecule has 0 fully saturated rings. The molecule has 0 saturated carbocycles. The number of nitrogens with one attached hydrogen (secondary N) is 1. The Balaban J connectivity index is 2.29. The summed E-state index contributed by atoms with van der Waals surface area (Å²) >= 11 is 0. The fraction of sp³-hybridized carbons (Fsp3) is 0.600. The minimum atomic E-state index is 0.742. The van der Waals surface area contributed by atoms with Crippen LogP contribution in [0, 0.1) is 0 Å². The number of likely N-dealkylation sites (N-methyl/N-ethyl adjacent to an activating group) is 1. The van der Waals surface area contributed by atoms with Gasteiger partial charge in [-0.2, -0.15) is 0 Å². The van der Waals surface area contributed by atoms with E-state index in [0.717, 1.165) is 19.0 Å². The molecule has 0 aromatic heterocycles. The largest absolute Gasteiger partial charge is 0.371 e. The Labute approximate surface area is 105 Å². The van der Waals surface area contributed by atoms with Gasteiger partial charge in [-0.1, -0.05) is 25.5 Å². The molecule has 17 heavy (non-hydrogen) atoms. The molecule has 1 aliphatic rings. The van der Waals surface area contributed by atoms with Gasteiger partial charge in [0.05, 0.1) is 0 Å². The SMILES string of the molecule is CCCC1CN(CC)c2ccc(CNC)cc21. The molecule has 2 heteroatoms. The van der Waals surface area contributed by atoms with Gasteiger partial charge >= 0.3 is 0 Å². The maximum absolute atomic E-state index is 3.23. The van der Waals surface area contributed by atoms with E-state index in [2.05, 4.69) is 42.3 Å². The van der Waals surface area contributed by atoms with Gasteiger partial charge in [-0.05, 0) is 37.6 Å². The van der Waals surface area contributed by atoms with Crippen LogP contribution in [0.3, 0.4) is 0 Å². The van der Waals surface area contributed by atoms with Gasteiger partial charge < -0.3 is 10.2 Å². The molecule has 2 nitrogen and oxygen atoms in total. The second kappa shape index (κ2) is 5.54. The first-order chi connectivity index (χ1) is 8.30. The molecule has 94 valence electrons. The summed E-state index contributed by atoms with van der Waals surface area (Å²) in [4.78, 5) is 2.51. The van der Waals surface area contributed by atoms with Gasteiger partial charge in [0.2, 0.25) is 0 Å². The summed E-state index contributed by atoms with van der Waals surface area (Å²) in [7, 11) is 2.01. The van der Waals surface area contributed by atoms with E-state index in [9.17, 15) is 0 Å². The lowest BCUT2D eigenvalue weighted by Crippen LogP contribution is -2.20. The number of nitrogens with zero attached hydrogens (tertiary/aromatic N) is 1. The molecule has 0 saturated heterocycles. The van der Waals surface area contributed by atoms with Crippen LogP contribution in [0.2, 0.25) is 0 Å². The lowest BCUT2D eigenvalue weighted by molar-refractivity contribution is 0.630. The van der Waals surface area contributed by atoms with E-state index in [1.54, 1.807) is 5.56 Å². The summed E-state index contributed by atoms with van der Waals surface area (Å²) in [5.74, 6) is 0.742. The van der Waals surface area contributed by atoms with Crippen molar-refractivity contribution in [1.29, 1.82) is 0 Å². The van der Waals surface area contributed by atoms with Crippen LogP contribution >= 0.6 is 0 Å². The Kier molecular flexibility index (Phi) is 4.06. The number of fused-ring (bicyclic) bond motifs is 1. The van der Waals surface area contributed by atoms with Crippen molar-refractivity contribution in [2.24, 2.45) is 0 Å². The third-order valence-electron chi connectivity index (χ3n) is 3.71. The third kappa shape index (κ3) is 2.47. The number of hydrogen-bond donors (Lipinski definition) is 1. The highest BCUT2D eigenvalue weighted by atomic mass is 15.1. The van der Waals surface area contributed by atoms with Crippen LogP contribution in [-0.2, 0) is 6.54 Å². The topological polar surface area (TPSA) is 15.3 Å². The number of benzene rings is 1. The zero-order chi connectivity index (χ0) is 12.3. The van der Waals surface area contributed by atoms with Crippen molar-refractivity contribution >= 4 is 5.69 Å². The molecule has 1 unspecified atom stereocenters. The molecular formula is C15H24N2. The second-order valence-corrected chi connectivity index (χ2v) is 4.95. The van der Waals surface area contributed by atoms with E-state index >= 15 is 0 Å². The molecule has 1 atom stereocenters. The molecular weight excluding hydrogens is 208 g/mol.